The third kappa shape index (κ3) is 5.76. The van der Waals surface area contributed by atoms with Gasteiger partial charge in [-0.15, -0.1) is 0 Å². The number of benzene rings is 1. The van der Waals surface area contributed by atoms with Crippen molar-refractivity contribution in [3.05, 3.63) is 29.8 Å². The summed E-state index contributed by atoms with van der Waals surface area (Å²) >= 11 is 0. The van der Waals surface area contributed by atoms with Gasteiger partial charge in [-0.3, -0.25) is 4.79 Å². The van der Waals surface area contributed by atoms with Crippen molar-refractivity contribution in [1.29, 1.82) is 0 Å². The van der Waals surface area contributed by atoms with Gasteiger partial charge < -0.3 is 5.32 Å². The monoisotopic (exact) mass is 403 g/mol. The van der Waals surface area contributed by atoms with E-state index in [-0.39, 0.29) is 30.4 Å². The summed E-state index contributed by atoms with van der Waals surface area (Å²) in [5, 5.41) is 2.67. The van der Waals surface area contributed by atoms with Crippen molar-refractivity contribution in [2.24, 2.45) is 5.92 Å². The second kappa shape index (κ2) is 8.47. The van der Waals surface area contributed by atoms with Gasteiger partial charge in [-0.1, -0.05) is 17.7 Å². The van der Waals surface area contributed by atoms with Gasteiger partial charge >= 0.3 is 0 Å². The number of piperidine rings is 1. The Kier molecular flexibility index (Phi) is 6.78. The molecule has 1 aromatic rings. The molecule has 0 spiro atoms. The highest BCUT2D eigenvalue weighted by Crippen LogP contribution is 2.18. The molecule has 2 N–H and O–H groups in total. The van der Waals surface area contributed by atoms with Gasteiger partial charge in [-0.2, -0.15) is 0 Å². The van der Waals surface area contributed by atoms with E-state index in [1.807, 2.05) is 6.92 Å². The Morgan fingerprint density at radius 1 is 1.15 bits per heavy atom. The Morgan fingerprint density at radius 2 is 1.81 bits per heavy atom. The van der Waals surface area contributed by atoms with Crippen LogP contribution >= 0.6 is 0 Å². The number of hydrogen-bond acceptors (Lipinski definition) is 5. The van der Waals surface area contributed by atoms with Crippen molar-refractivity contribution in [3.8, 4) is 0 Å². The molecular weight excluding hydrogens is 378 g/mol. The lowest BCUT2D eigenvalue weighted by Crippen LogP contribution is -2.46. The molecule has 1 heterocycles. The van der Waals surface area contributed by atoms with E-state index in [9.17, 15) is 21.6 Å². The van der Waals surface area contributed by atoms with Gasteiger partial charge in [0.25, 0.3) is 0 Å². The molecule has 1 amide bonds. The van der Waals surface area contributed by atoms with E-state index in [0.717, 1.165) is 11.8 Å². The van der Waals surface area contributed by atoms with Crippen molar-refractivity contribution in [3.63, 3.8) is 0 Å². The fourth-order valence-electron chi connectivity index (χ4n) is 2.77. The first-order valence-corrected chi connectivity index (χ1v) is 11.7. The predicted molar refractivity (Wildman–Crippen MR) is 98.5 cm³/mol. The molecule has 0 radical (unpaired) electrons. The molecule has 1 aliphatic rings. The summed E-state index contributed by atoms with van der Waals surface area (Å²) in [4.78, 5) is 12.4. The summed E-state index contributed by atoms with van der Waals surface area (Å²) in [6, 6.07) is 6.48. The van der Waals surface area contributed by atoms with E-state index in [4.69, 9.17) is 0 Å². The van der Waals surface area contributed by atoms with Crippen LogP contribution in [-0.2, 0) is 24.8 Å². The van der Waals surface area contributed by atoms with Crippen molar-refractivity contribution in [2.45, 2.75) is 24.7 Å². The van der Waals surface area contributed by atoms with Crippen molar-refractivity contribution in [1.82, 2.24) is 14.3 Å². The summed E-state index contributed by atoms with van der Waals surface area (Å²) < 4.78 is 51.2. The average Bonchev–Trinajstić information content (AvgIpc) is 2.58. The predicted octanol–water partition coefficient (Wildman–Crippen LogP) is 0.0611. The molecule has 1 unspecified atom stereocenters. The van der Waals surface area contributed by atoms with Crippen LogP contribution in [0.15, 0.2) is 29.2 Å². The van der Waals surface area contributed by atoms with E-state index >= 15 is 0 Å². The second-order valence-corrected chi connectivity index (χ2v) is 10.2. The summed E-state index contributed by atoms with van der Waals surface area (Å²) in [6.45, 7) is 2.66. The van der Waals surface area contributed by atoms with Crippen molar-refractivity contribution >= 4 is 26.0 Å². The van der Waals surface area contributed by atoms with Crippen LogP contribution < -0.4 is 10.0 Å². The molecule has 10 heteroatoms. The van der Waals surface area contributed by atoms with Crippen LogP contribution in [0.3, 0.4) is 0 Å². The molecular formula is C16H25N3O5S2. The molecule has 1 saturated heterocycles. The maximum absolute atomic E-state index is 12.2. The van der Waals surface area contributed by atoms with Crippen LogP contribution in [0.5, 0.6) is 0 Å². The standard InChI is InChI=1S/C16H25N3O5S2/c1-13-5-7-15(8-6-13)26(23,24)18-10-9-17-16(20)14-4-3-11-19(12-14)25(2,21)22/h5-8,14,18H,3-4,9-12H2,1-2H3,(H,17,20). The molecule has 8 nitrogen and oxygen atoms in total. The fraction of sp³-hybridized carbons (Fsp3) is 0.562. The first-order chi connectivity index (χ1) is 12.1. The fourth-order valence-corrected chi connectivity index (χ4v) is 4.72. The van der Waals surface area contributed by atoms with E-state index in [1.165, 1.54) is 16.4 Å². The minimum Gasteiger partial charge on any atom is -0.355 e. The molecule has 1 fully saturated rings. The number of nitrogens with one attached hydrogen (secondary N) is 2. The lowest BCUT2D eigenvalue weighted by molar-refractivity contribution is -0.126. The third-order valence-corrected chi connectivity index (χ3v) is 7.02. The smallest absolute Gasteiger partial charge is 0.240 e. The maximum atomic E-state index is 12.2. The zero-order valence-electron chi connectivity index (χ0n) is 14.9. The number of hydrogen-bond donors (Lipinski definition) is 2. The molecule has 0 aromatic heterocycles. The van der Waals surface area contributed by atoms with Gasteiger partial charge in [-0.25, -0.2) is 25.9 Å². The van der Waals surface area contributed by atoms with Crippen LogP contribution in [0.2, 0.25) is 0 Å². The highest BCUT2D eigenvalue weighted by molar-refractivity contribution is 7.89. The summed E-state index contributed by atoms with van der Waals surface area (Å²) in [5.41, 5.74) is 0.965. The number of carbonyl (C=O) groups is 1. The number of sulfonamides is 2. The first kappa shape index (κ1) is 20.8. The highest BCUT2D eigenvalue weighted by atomic mass is 32.2. The molecule has 0 aliphatic carbocycles. The Morgan fingerprint density at radius 3 is 2.42 bits per heavy atom. The zero-order valence-corrected chi connectivity index (χ0v) is 16.6. The molecule has 2 rings (SSSR count). The second-order valence-electron chi connectivity index (χ2n) is 6.46. The lowest BCUT2D eigenvalue weighted by atomic mass is 9.99. The van der Waals surface area contributed by atoms with Gasteiger partial charge in [0, 0.05) is 26.2 Å². The van der Waals surface area contributed by atoms with E-state index < -0.39 is 26.0 Å². The number of amides is 1. The molecule has 0 saturated carbocycles. The van der Waals surface area contributed by atoms with Crippen molar-refractivity contribution < 1.29 is 21.6 Å². The summed E-state index contributed by atoms with van der Waals surface area (Å²) in [6.07, 6.45) is 2.38. The largest absolute Gasteiger partial charge is 0.355 e. The van der Waals surface area contributed by atoms with Gasteiger partial charge in [0.1, 0.15) is 0 Å². The molecule has 0 bridgehead atoms. The number of nitrogens with zero attached hydrogens (tertiary/aromatic N) is 1. The Bertz CT molecular complexity index is 835. The van der Waals surface area contributed by atoms with Crippen LogP contribution in [0.4, 0.5) is 0 Å². The molecule has 26 heavy (non-hydrogen) atoms. The van der Waals surface area contributed by atoms with Crippen LogP contribution in [0.25, 0.3) is 0 Å². The first-order valence-electron chi connectivity index (χ1n) is 8.39. The van der Waals surface area contributed by atoms with E-state index in [1.54, 1.807) is 12.1 Å². The average molecular weight is 404 g/mol. The van der Waals surface area contributed by atoms with Gasteiger partial charge in [0.05, 0.1) is 17.1 Å². The molecule has 1 aliphatic heterocycles. The highest BCUT2D eigenvalue weighted by Gasteiger charge is 2.29. The van der Waals surface area contributed by atoms with Crippen LogP contribution in [0.1, 0.15) is 18.4 Å². The van der Waals surface area contributed by atoms with Crippen LogP contribution in [-0.4, -0.2) is 59.5 Å². The minimum absolute atomic E-state index is 0.0600. The summed E-state index contributed by atoms with van der Waals surface area (Å²) in [7, 11) is -6.93. The zero-order chi connectivity index (χ0) is 19.4. The quantitative estimate of drug-likeness (QED) is 0.625. The number of aryl methyl sites for hydroxylation is 1. The van der Waals surface area contributed by atoms with Crippen LogP contribution in [0, 0.1) is 12.8 Å². The topological polar surface area (TPSA) is 113 Å². The maximum Gasteiger partial charge on any atom is 0.240 e. The third-order valence-electron chi connectivity index (χ3n) is 4.27. The van der Waals surface area contributed by atoms with Gasteiger partial charge in [0.15, 0.2) is 0 Å². The minimum atomic E-state index is -3.62. The number of rotatable bonds is 7. The molecule has 1 aromatic carbocycles. The van der Waals surface area contributed by atoms with E-state index in [2.05, 4.69) is 10.0 Å². The van der Waals surface area contributed by atoms with Gasteiger partial charge in [0.2, 0.25) is 26.0 Å². The number of carbonyl (C=O) groups excluding carboxylic acids is 1. The SMILES string of the molecule is Cc1ccc(S(=O)(=O)NCCNC(=O)C2CCCN(S(C)(=O)=O)C2)cc1. The Labute approximate surface area is 155 Å². The lowest BCUT2D eigenvalue weighted by Gasteiger charge is -2.30. The normalized spacial score (nSPS) is 19.2. The van der Waals surface area contributed by atoms with E-state index in [0.29, 0.717) is 19.4 Å². The molecule has 1 atom stereocenters. The Hall–Kier alpha value is -1.49. The van der Waals surface area contributed by atoms with Gasteiger partial charge in [-0.05, 0) is 31.9 Å². The van der Waals surface area contributed by atoms with Crippen molar-refractivity contribution in [2.75, 3.05) is 32.4 Å². The molecule has 146 valence electrons. The summed E-state index contributed by atoms with van der Waals surface area (Å²) in [5.74, 6) is -0.667. The Balaban J connectivity index is 1.80.